The summed E-state index contributed by atoms with van der Waals surface area (Å²) in [7, 11) is 1.75. The van der Waals surface area contributed by atoms with Gasteiger partial charge in [-0.25, -0.2) is 0 Å². The number of rotatable bonds is 4. The number of benzene rings is 1. The van der Waals surface area contributed by atoms with Crippen molar-refractivity contribution in [1.29, 1.82) is 5.26 Å². The topological polar surface area (TPSA) is 56.6 Å². The van der Waals surface area contributed by atoms with Crippen LogP contribution < -0.4 is 0 Å². The SMILES string of the molecule is COCC1CN(C(C)=O)CC12CCN(Cc1cccc(C#N)c1)CC2. The number of piperidine rings is 1. The Balaban J connectivity index is 1.63. The van der Waals surface area contributed by atoms with E-state index in [-0.39, 0.29) is 11.3 Å². The third-order valence-electron chi connectivity index (χ3n) is 5.94. The predicted molar refractivity (Wildman–Crippen MR) is 95.7 cm³/mol. The van der Waals surface area contributed by atoms with Crippen LogP contribution in [-0.4, -0.2) is 55.6 Å². The molecule has 1 aromatic carbocycles. The highest BCUT2D eigenvalue weighted by molar-refractivity contribution is 5.73. The molecule has 134 valence electrons. The summed E-state index contributed by atoms with van der Waals surface area (Å²) in [6, 6.07) is 10.1. The van der Waals surface area contributed by atoms with Crippen molar-refractivity contribution in [2.45, 2.75) is 26.3 Å². The molecular weight excluding hydrogens is 314 g/mol. The van der Waals surface area contributed by atoms with Crippen LogP contribution in [0.4, 0.5) is 0 Å². The summed E-state index contributed by atoms with van der Waals surface area (Å²) in [5.41, 5.74) is 2.12. The maximum absolute atomic E-state index is 11.8. The van der Waals surface area contributed by atoms with Gasteiger partial charge in [-0.1, -0.05) is 12.1 Å². The molecule has 2 saturated heterocycles. The molecule has 0 bridgehead atoms. The van der Waals surface area contributed by atoms with Crippen LogP contribution in [0.5, 0.6) is 0 Å². The van der Waals surface area contributed by atoms with E-state index in [1.807, 2.05) is 23.1 Å². The van der Waals surface area contributed by atoms with E-state index < -0.39 is 0 Å². The smallest absolute Gasteiger partial charge is 0.219 e. The zero-order valence-electron chi connectivity index (χ0n) is 15.2. The first-order valence-corrected chi connectivity index (χ1v) is 9.02. The van der Waals surface area contributed by atoms with Crippen molar-refractivity contribution in [3.63, 3.8) is 0 Å². The lowest BCUT2D eigenvalue weighted by atomic mass is 9.71. The molecule has 25 heavy (non-hydrogen) atoms. The fourth-order valence-electron chi connectivity index (χ4n) is 4.42. The fourth-order valence-corrected chi connectivity index (χ4v) is 4.42. The molecule has 2 fully saturated rings. The third-order valence-corrected chi connectivity index (χ3v) is 5.94. The second-order valence-electron chi connectivity index (χ2n) is 7.50. The van der Waals surface area contributed by atoms with E-state index in [0.29, 0.717) is 5.92 Å². The first kappa shape index (κ1) is 17.9. The van der Waals surface area contributed by atoms with Crippen LogP contribution in [0.25, 0.3) is 0 Å². The number of nitrogens with zero attached hydrogens (tertiary/aromatic N) is 3. The Hall–Kier alpha value is -1.90. The molecule has 1 unspecified atom stereocenters. The van der Waals surface area contributed by atoms with Crippen LogP contribution in [0.2, 0.25) is 0 Å². The minimum Gasteiger partial charge on any atom is -0.384 e. The van der Waals surface area contributed by atoms with Crippen molar-refractivity contribution < 1.29 is 9.53 Å². The van der Waals surface area contributed by atoms with E-state index >= 15 is 0 Å². The van der Waals surface area contributed by atoms with Crippen LogP contribution >= 0.6 is 0 Å². The monoisotopic (exact) mass is 341 g/mol. The third kappa shape index (κ3) is 3.86. The summed E-state index contributed by atoms with van der Waals surface area (Å²) in [5.74, 6) is 0.610. The highest BCUT2D eigenvalue weighted by atomic mass is 16.5. The van der Waals surface area contributed by atoms with Gasteiger partial charge in [-0.15, -0.1) is 0 Å². The van der Waals surface area contributed by atoms with E-state index in [4.69, 9.17) is 10.00 Å². The van der Waals surface area contributed by atoms with Gasteiger partial charge in [0.1, 0.15) is 0 Å². The molecule has 1 atom stereocenters. The minimum absolute atomic E-state index is 0.175. The Morgan fingerprint density at radius 2 is 2.16 bits per heavy atom. The number of likely N-dealkylation sites (tertiary alicyclic amines) is 2. The Kier molecular flexibility index (Phi) is 5.41. The second kappa shape index (κ2) is 7.55. The minimum atomic E-state index is 0.175. The number of carbonyl (C=O) groups is 1. The molecule has 2 aliphatic heterocycles. The molecular formula is C20H27N3O2. The first-order chi connectivity index (χ1) is 12.1. The van der Waals surface area contributed by atoms with Gasteiger partial charge in [-0.05, 0) is 49.0 Å². The quantitative estimate of drug-likeness (QED) is 0.843. The normalized spacial score (nSPS) is 22.9. The Morgan fingerprint density at radius 3 is 2.80 bits per heavy atom. The molecule has 0 radical (unpaired) electrons. The molecule has 2 heterocycles. The Morgan fingerprint density at radius 1 is 1.40 bits per heavy atom. The van der Waals surface area contributed by atoms with Crippen LogP contribution in [-0.2, 0) is 16.1 Å². The first-order valence-electron chi connectivity index (χ1n) is 9.02. The van der Waals surface area contributed by atoms with Gasteiger partial charge in [0.25, 0.3) is 0 Å². The highest BCUT2D eigenvalue weighted by Gasteiger charge is 2.48. The van der Waals surface area contributed by atoms with Gasteiger partial charge in [0.15, 0.2) is 0 Å². The summed E-state index contributed by atoms with van der Waals surface area (Å²) in [6.45, 7) is 7.04. The summed E-state index contributed by atoms with van der Waals surface area (Å²) < 4.78 is 5.45. The van der Waals surface area contributed by atoms with Gasteiger partial charge < -0.3 is 9.64 Å². The molecule has 5 nitrogen and oxygen atoms in total. The van der Waals surface area contributed by atoms with Crippen molar-refractivity contribution in [2.24, 2.45) is 11.3 Å². The van der Waals surface area contributed by atoms with Gasteiger partial charge in [0, 0.05) is 39.6 Å². The second-order valence-corrected chi connectivity index (χ2v) is 7.50. The van der Waals surface area contributed by atoms with Crippen LogP contribution in [0, 0.1) is 22.7 Å². The average Bonchev–Trinajstić information content (AvgIpc) is 2.96. The zero-order chi connectivity index (χ0) is 17.9. The Labute approximate surface area is 150 Å². The summed E-state index contributed by atoms with van der Waals surface area (Å²) in [4.78, 5) is 16.3. The lowest BCUT2D eigenvalue weighted by Crippen LogP contribution is -2.45. The molecule has 1 spiro atoms. The van der Waals surface area contributed by atoms with Crippen LogP contribution in [0.3, 0.4) is 0 Å². The number of hydrogen-bond donors (Lipinski definition) is 0. The van der Waals surface area contributed by atoms with Gasteiger partial charge in [0.05, 0.1) is 18.2 Å². The van der Waals surface area contributed by atoms with Gasteiger partial charge in [0.2, 0.25) is 5.91 Å². The van der Waals surface area contributed by atoms with Crippen molar-refractivity contribution in [3.8, 4) is 6.07 Å². The van der Waals surface area contributed by atoms with Crippen molar-refractivity contribution >= 4 is 5.91 Å². The van der Waals surface area contributed by atoms with Gasteiger partial charge in [-0.3, -0.25) is 9.69 Å². The van der Waals surface area contributed by atoms with Gasteiger partial charge >= 0.3 is 0 Å². The van der Waals surface area contributed by atoms with E-state index in [1.165, 1.54) is 5.56 Å². The molecule has 1 aromatic rings. The summed E-state index contributed by atoms with van der Waals surface area (Å²) in [5, 5.41) is 9.05. The van der Waals surface area contributed by atoms with E-state index in [2.05, 4.69) is 17.0 Å². The van der Waals surface area contributed by atoms with Crippen molar-refractivity contribution in [2.75, 3.05) is 39.9 Å². The average molecular weight is 341 g/mol. The zero-order valence-corrected chi connectivity index (χ0v) is 15.2. The van der Waals surface area contributed by atoms with Crippen molar-refractivity contribution in [3.05, 3.63) is 35.4 Å². The maximum atomic E-state index is 11.8. The largest absolute Gasteiger partial charge is 0.384 e. The molecule has 5 heteroatoms. The number of nitriles is 1. The molecule has 0 saturated carbocycles. The number of methoxy groups -OCH3 is 1. The molecule has 3 rings (SSSR count). The fraction of sp³-hybridized carbons (Fsp3) is 0.600. The molecule has 2 aliphatic rings. The number of ether oxygens (including phenoxy) is 1. The number of amides is 1. The van der Waals surface area contributed by atoms with E-state index in [9.17, 15) is 4.79 Å². The van der Waals surface area contributed by atoms with Gasteiger partial charge in [-0.2, -0.15) is 5.26 Å². The Bertz CT molecular complexity index is 659. The standard InChI is InChI=1S/C20H27N3O2/c1-16(24)23-13-19(14-25-2)20(15-23)6-8-22(9-7-20)12-18-5-3-4-17(10-18)11-21/h3-5,10,19H,6-9,12-15H2,1-2H3. The lowest BCUT2D eigenvalue weighted by Gasteiger charge is -2.42. The summed E-state index contributed by atoms with van der Waals surface area (Å²) >= 11 is 0. The van der Waals surface area contributed by atoms with E-state index in [0.717, 1.165) is 57.7 Å². The predicted octanol–water partition coefficient (Wildman–Crippen LogP) is 2.27. The van der Waals surface area contributed by atoms with E-state index in [1.54, 1.807) is 14.0 Å². The summed E-state index contributed by atoms with van der Waals surface area (Å²) in [6.07, 6.45) is 2.20. The molecule has 0 aromatic heterocycles. The number of carbonyl (C=O) groups excluding carboxylic acids is 1. The van der Waals surface area contributed by atoms with Crippen LogP contribution in [0.15, 0.2) is 24.3 Å². The van der Waals surface area contributed by atoms with Crippen molar-refractivity contribution in [1.82, 2.24) is 9.80 Å². The lowest BCUT2D eigenvalue weighted by molar-refractivity contribution is -0.128. The number of hydrogen-bond acceptors (Lipinski definition) is 4. The molecule has 0 aliphatic carbocycles. The molecule has 0 N–H and O–H groups in total. The molecule has 1 amide bonds. The maximum Gasteiger partial charge on any atom is 0.219 e. The highest BCUT2D eigenvalue weighted by Crippen LogP contribution is 2.45. The van der Waals surface area contributed by atoms with Crippen LogP contribution in [0.1, 0.15) is 30.9 Å².